The fraction of sp³-hybridized carbons (Fsp3) is 0.475. The molecule has 60 heavy (non-hydrogen) atoms. The summed E-state index contributed by atoms with van der Waals surface area (Å²) >= 11 is 0. The van der Waals surface area contributed by atoms with Crippen LogP contribution in [0, 0.1) is 17.2 Å². The maximum Gasteiger partial charge on any atom is 0.433 e. The molecule has 1 aromatic carbocycles. The zero-order valence-electron chi connectivity index (χ0n) is 32.3. The van der Waals surface area contributed by atoms with Crippen LogP contribution in [0.4, 0.5) is 37.8 Å². The fourth-order valence-electron chi connectivity index (χ4n) is 9.43. The van der Waals surface area contributed by atoms with E-state index in [4.69, 9.17) is 0 Å². The van der Waals surface area contributed by atoms with Crippen molar-refractivity contribution in [3.63, 3.8) is 0 Å². The number of imidazole rings is 1. The lowest BCUT2D eigenvalue weighted by Gasteiger charge is -2.58. The molecule has 3 saturated heterocycles. The molecule has 4 fully saturated rings. The molecule has 3 amide bonds. The van der Waals surface area contributed by atoms with Gasteiger partial charge in [0.2, 0.25) is 11.8 Å². The molecule has 1 unspecified atom stereocenters. The molecule has 0 bridgehead atoms. The molecule has 20 heteroatoms. The average molecular weight is 839 g/mol. The number of carbonyl (C=O) groups excluding carboxylic acids is 3. The van der Waals surface area contributed by atoms with E-state index in [1.165, 1.54) is 36.0 Å². The highest BCUT2D eigenvalue weighted by Crippen LogP contribution is 2.52. The van der Waals surface area contributed by atoms with Crippen molar-refractivity contribution in [3.8, 4) is 0 Å². The van der Waals surface area contributed by atoms with Crippen molar-refractivity contribution < 1.29 is 40.7 Å². The minimum atomic E-state index is -4.69. The summed E-state index contributed by atoms with van der Waals surface area (Å²) in [6.07, 6.45) is 2.16. The molecule has 4 aromatic heterocycles. The summed E-state index contributed by atoms with van der Waals surface area (Å²) in [5, 5.41) is 10.0. The number of imide groups is 1. The van der Waals surface area contributed by atoms with Crippen molar-refractivity contribution in [2.24, 2.45) is 18.4 Å². The number of likely N-dealkylation sites (tertiary alicyclic amines) is 1. The number of amides is 3. The van der Waals surface area contributed by atoms with Crippen LogP contribution in [0.1, 0.15) is 73.2 Å². The third-order valence-corrected chi connectivity index (χ3v) is 12.7. The van der Waals surface area contributed by atoms with Gasteiger partial charge in [0.05, 0.1) is 35.4 Å². The van der Waals surface area contributed by atoms with Crippen LogP contribution >= 0.6 is 0 Å². The second kappa shape index (κ2) is 14.4. The van der Waals surface area contributed by atoms with Gasteiger partial charge in [0.1, 0.15) is 34.3 Å². The predicted molar refractivity (Wildman–Crippen MR) is 205 cm³/mol. The SMILES string of the molecule is Cn1c(=O)n(C2CCC(=O)NC2=O)c2ccc(N3CC4(CCN(C[C@H]5CC[C@H](n6cc7cc(NC(=O)c8cccc(C(F)(F)F)n8)ncc7n6)CC5)CC4(F)F)C3)c(F)c21. The molecule has 316 valence electrons. The van der Waals surface area contributed by atoms with Crippen molar-refractivity contribution in [2.75, 3.05) is 42.9 Å². The van der Waals surface area contributed by atoms with E-state index in [1.807, 2.05) is 15.8 Å². The lowest BCUT2D eigenvalue weighted by Crippen LogP contribution is -2.70. The number of nitrogens with zero attached hydrogens (tertiary/aromatic N) is 8. The molecule has 0 radical (unpaired) electrons. The van der Waals surface area contributed by atoms with Crippen molar-refractivity contribution in [2.45, 2.75) is 69.1 Å². The number of alkyl halides is 5. The predicted octanol–water partition coefficient (Wildman–Crippen LogP) is 5.45. The standard InChI is InChI=1S/C40H40F6N10O4/c1-52-34-28(56(37(52)60)29-11-12-32(57)50-36(29)59)10-9-27(33(34)41)54-19-38(20-54)13-14-53(21-39(38,42)43)17-22-5-7-24(8-6-22)55-18-23-15-31(47-16-26(23)51-55)49-35(58)25-3-2-4-30(48-25)40(44,45)46/h2-4,9-10,15-16,18,22,24,29H,5-8,11-14,17,19-21H2,1H3,(H,49,58)(H,50,57,59)/t22-,24-,29?. The Kier molecular flexibility index (Phi) is 9.55. The van der Waals surface area contributed by atoms with E-state index >= 15 is 13.2 Å². The first kappa shape index (κ1) is 39.7. The van der Waals surface area contributed by atoms with Gasteiger partial charge in [-0.05, 0) is 81.3 Å². The van der Waals surface area contributed by atoms with E-state index in [-0.39, 0.29) is 66.9 Å². The smallest absolute Gasteiger partial charge is 0.367 e. The molecule has 1 saturated carbocycles. The van der Waals surface area contributed by atoms with Crippen LogP contribution in [0.2, 0.25) is 0 Å². The molecule has 5 aromatic rings. The minimum Gasteiger partial charge on any atom is -0.367 e. The lowest BCUT2D eigenvalue weighted by molar-refractivity contribution is -0.181. The van der Waals surface area contributed by atoms with Crippen LogP contribution in [-0.4, -0.2) is 90.2 Å². The zero-order chi connectivity index (χ0) is 42.3. The first-order valence-electron chi connectivity index (χ1n) is 19.8. The number of piperidine rings is 2. The summed E-state index contributed by atoms with van der Waals surface area (Å²) in [5.41, 5.74) is -2.68. The Morgan fingerprint density at radius 2 is 1.78 bits per heavy atom. The Labute approximate surface area is 337 Å². The third kappa shape index (κ3) is 6.87. The summed E-state index contributed by atoms with van der Waals surface area (Å²) in [7, 11) is 1.39. The van der Waals surface area contributed by atoms with Crippen molar-refractivity contribution in [1.29, 1.82) is 0 Å². The fourth-order valence-corrected chi connectivity index (χ4v) is 9.43. The van der Waals surface area contributed by atoms with Gasteiger partial charge in [-0.2, -0.15) is 18.3 Å². The van der Waals surface area contributed by atoms with E-state index in [2.05, 4.69) is 25.7 Å². The van der Waals surface area contributed by atoms with Gasteiger partial charge in [0.15, 0.2) is 5.82 Å². The average Bonchev–Trinajstić information content (AvgIpc) is 3.72. The number of hydrogen-bond donors (Lipinski definition) is 2. The molecule has 9 rings (SSSR count). The van der Waals surface area contributed by atoms with Gasteiger partial charge in [-0.1, -0.05) is 6.07 Å². The Bertz CT molecular complexity index is 2610. The van der Waals surface area contributed by atoms with E-state index in [1.54, 1.807) is 11.0 Å². The van der Waals surface area contributed by atoms with Crippen LogP contribution in [0.15, 0.2) is 53.6 Å². The molecule has 7 heterocycles. The number of aromatic nitrogens is 6. The Balaban J connectivity index is 0.791. The summed E-state index contributed by atoms with van der Waals surface area (Å²) in [6, 6.07) is 6.73. The highest BCUT2D eigenvalue weighted by atomic mass is 19.4. The lowest BCUT2D eigenvalue weighted by atomic mass is 9.68. The first-order valence-corrected chi connectivity index (χ1v) is 19.8. The van der Waals surface area contributed by atoms with Gasteiger partial charge in [-0.25, -0.2) is 27.9 Å². The van der Waals surface area contributed by atoms with Crippen LogP contribution < -0.4 is 21.2 Å². The molecular formula is C40H40F6N10O4. The van der Waals surface area contributed by atoms with Crippen molar-refractivity contribution in [3.05, 3.63) is 76.5 Å². The zero-order valence-corrected chi connectivity index (χ0v) is 32.3. The first-order chi connectivity index (χ1) is 28.5. The van der Waals surface area contributed by atoms with Gasteiger partial charge >= 0.3 is 11.9 Å². The Morgan fingerprint density at radius 3 is 2.50 bits per heavy atom. The van der Waals surface area contributed by atoms with Crippen LogP contribution in [0.5, 0.6) is 0 Å². The Morgan fingerprint density at radius 1 is 1.02 bits per heavy atom. The summed E-state index contributed by atoms with van der Waals surface area (Å²) < 4.78 is 91.5. The van der Waals surface area contributed by atoms with E-state index in [9.17, 15) is 32.3 Å². The van der Waals surface area contributed by atoms with Crippen LogP contribution in [0.25, 0.3) is 21.9 Å². The molecular weight excluding hydrogens is 798 g/mol. The number of halogens is 6. The maximum atomic E-state index is 16.1. The highest BCUT2D eigenvalue weighted by Gasteiger charge is 2.63. The molecule has 1 aliphatic carbocycles. The van der Waals surface area contributed by atoms with Gasteiger partial charge in [-0.15, -0.1) is 0 Å². The second-order valence-electron chi connectivity index (χ2n) is 16.5. The van der Waals surface area contributed by atoms with Gasteiger partial charge in [0, 0.05) is 44.7 Å². The quantitative estimate of drug-likeness (QED) is 0.161. The van der Waals surface area contributed by atoms with Crippen LogP contribution in [0.3, 0.4) is 0 Å². The molecule has 14 nitrogen and oxygen atoms in total. The summed E-state index contributed by atoms with van der Waals surface area (Å²) in [4.78, 5) is 61.1. The maximum absolute atomic E-state index is 16.1. The number of aryl methyl sites for hydroxylation is 1. The van der Waals surface area contributed by atoms with E-state index < -0.39 is 70.7 Å². The largest absolute Gasteiger partial charge is 0.433 e. The second-order valence-corrected chi connectivity index (χ2v) is 16.5. The van der Waals surface area contributed by atoms with Crippen molar-refractivity contribution >= 4 is 51.2 Å². The van der Waals surface area contributed by atoms with Crippen molar-refractivity contribution in [1.82, 2.24) is 39.1 Å². The Hall–Kier alpha value is -5.79. The molecule has 2 N–H and O–H groups in total. The number of pyridine rings is 2. The third-order valence-electron chi connectivity index (χ3n) is 12.7. The molecule has 3 aliphatic heterocycles. The normalized spacial score (nSPS) is 23.2. The van der Waals surface area contributed by atoms with Gasteiger partial charge in [0.25, 0.3) is 11.8 Å². The molecule has 4 aliphatic rings. The summed E-state index contributed by atoms with van der Waals surface area (Å²) in [6.45, 7) is 0.524. The number of hydrogen-bond acceptors (Lipinski definition) is 9. The van der Waals surface area contributed by atoms with Gasteiger partial charge < -0.3 is 10.2 Å². The van der Waals surface area contributed by atoms with Gasteiger partial charge in [-0.3, -0.25) is 38.4 Å². The molecule has 1 atom stereocenters. The summed E-state index contributed by atoms with van der Waals surface area (Å²) in [5.74, 6) is -5.33. The van der Waals surface area contributed by atoms with E-state index in [0.29, 0.717) is 24.0 Å². The number of rotatable bonds is 7. The van der Waals surface area contributed by atoms with Crippen LogP contribution in [-0.2, 0) is 22.8 Å². The highest BCUT2D eigenvalue weighted by molar-refractivity contribution is 6.03. The molecule has 1 spiro atoms. The number of nitrogens with one attached hydrogen (secondary N) is 2. The number of carbonyl (C=O) groups is 3. The minimum absolute atomic E-state index is 0.0371. The number of anilines is 2. The number of fused-ring (bicyclic) bond motifs is 2. The van der Waals surface area contributed by atoms with E-state index in [0.717, 1.165) is 42.4 Å². The topological polar surface area (TPSA) is 152 Å². The number of benzene rings is 1. The monoisotopic (exact) mass is 838 g/mol.